The first-order chi connectivity index (χ1) is 9.58. The molecule has 20 heavy (non-hydrogen) atoms. The minimum Gasteiger partial charge on any atom is -0.154 e. The van der Waals surface area contributed by atoms with Crippen molar-refractivity contribution in [2.75, 3.05) is 0 Å². The summed E-state index contributed by atoms with van der Waals surface area (Å²) >= 11 is 4.04. The molecule has 0 amide bonds. The summed E-state index contributed by atoms with van der Waals surface area (Å²) in [7, 11) is 0. The second-order valence-corrected chi connectivity index (χ2v) is 8.78. The molecule has 108 valence electrons. The summed E-state index contributed by atoms with van der Waals surface area (Å²) in [6.07, 6.45) is 0. The Hall–Kier alpha value is -0.600. The number of hydrogen-bond acceptors (Lipinski definition) is 2. The molecule has 0 spiro atoms. The molecule has 0 N–H and O–H groups in total. The van der Waals surface area contributed by atoms with Crippen LogP contribution < -0.4 is 0 Å². The largest absolute Gasteiger partial charge is 0.154 e. The maximum atomic E-state index is 2.33. The van der Waals surface area contributed by atoms with E-state index in [1.54, 1.807) is 0 Å². The van der Waals surface area contributed by atoms with Gasteiger partial charge in [-0.2, -0.15) is 23.5 Å². The van der Waals surface area contributed by atoms with E-state index in [4.69, 9.17) is 0 Å². The summed E-state index contributed by atoms with van der Waals surface area (Å²) < 4.78 is 0. The average molecular weight is 305 g/mol. The van der Waals surface area contributed by atoms with Gasteiger partial charge in [0.25, 0.3) is 0 Å². The lowest BCUT2D eigenvalue weighted by Crippen LogP contribution is -1.94. The van der Waals surface area contributed by atoms with Crippen LogP contribution in [0.25, 0.3) is 10.8 Å². The van der Waals surface area contributed by atoms with Crippen LogP contribution in [0.4, 0.5) is 0 Å². The summed E-state index contributed by atoms with van der Waals surface area (Å²) in [6.45, 7) is 9.06. The van der Waals surface area contributed by atoms with Crippen LogP contribution in [0.5, 0.6) is 0 Å². The van der Waals surface area contributed by atoms with Gasteiger partial charge in [0.15, 0.2) is 0 Å². The van der Waals surface area contributed by atoms with Crippen molar-refractivity contribution in [3.8, 4) is 0 Å². The van der Waals surface area contributed by atoms with Gasteiger partial charge in [0, 0.05) is 11.5 Å². The third-order valence-corrected chi connectivity index (χ3v) is 5.54. The van der Waals surface area contributed by atoms with Crippen LogP contribution in [0.3, 0.4) is 0 Å². The maximum absolute atomic E-state index is 2.33. The SMILES string of the molecule is CC(C)SCc1ccc(CSC(C)C)c2ccccc12. The molecule has 0 unspecified atom stereocenters. The molecule has 0 radical (unpaired) electrons. The molecule has 0 aliphatic heterocycles. The molecule has 0 atom stereocenters. The van der Waals surface area contributed by atoms with Crippen molar-refractivity contribution in [1.29, 1.82) is 0 Å². The number of hydrogen-bond donors (Lipinski definition) is 0. The zero-order chi connectivity index (χ0) is 14.5. The fourth-order valence-electron chi connectivity index (χ4n) is 2.19. The Morgan fingerprint density at radius 1 is 0.700 bits per heavy atom. The Morgan fingerprint density at radius 3 is 1.45 bits per heavy atom. The minimum atomic E-state index is 0.685. The predicted molar refractivity (Wildman–Crippen MR) is 96.8 cm³/mol. The Bertz CT molecular complexity index is 508. The molecule has 2 heteroatoms. The summed E-state index contributed by atoms with van der Waals surface area (Å²) in [4.78, 5) is 0. The summed E-state index contributed by atoms with van der Waals surface area (Å²) in [5, 5.41) is 4.24. The fraction of sp³-hybridized carbons (Fsp3) is 0.444. The van der Waals surface area contributed by atoms with Crippen molar-refractivity contribution in [3.05, 3.63) is 47.5 Å². The monoisotopic (exact) mass is 304 g/mol. The molecule has 2 aromatic rings. The lowest BCUT2D eigenvalue weighted by molar-refractivity contribution is 1.11. The fourth-order valence-corrected chi connectivity index (χ4v) is 3.72. The van der Waals surface area contributed by atoms with E-state index >= 15 is 0 Å². The van der Waals surface area contributed by atoms with Gasteiger partial charge in [-0.05, 0) is 32.4 Å². The van der Waals surface area contributed by atoms with Gasteiger partial charge in [-0.25, -0.2) is 0 Å². The van der Waals surface area contributed by atoms with Gasteiger partial charge < -0.3 is 0 Å². The van der Waals surface area contributed by atoms with E-state index in [9.17, 15) is 0 Å². The molecule has 0 saturated heterocycles. The van der Waals surface area contributed by atoms with Crippen molar-refractivity contribution in [2.45, 2.75) is 49.7 Å². The molecule has 0 heterocycles. The maximum Gasteiger partial charge on any atom is 0.0193 e. The van der Waals surface area contributed by atoms with Gasteiger partial charge in [-0.1, -0.05) is 64.1 Å². The number of benzene rings is 2. The average Bonchev–Trinajstić information content (AvgIpc) is 2.43. The first-order valence-electron chi connectivity index (χ1n) is 7.30. The number of thioether (sulfide) groups is 2. The first kappa shape index (κ1) is 15.8. The van der Waals surface area contributed by atoms with Crippen LogP contribution in [0.15, 0.2) is 36.4 Å². The van der Waals surface area contributed by atoms with Gasteiger partial charge >= 0.3 is 0 Å². The van der Waals surface area contributed by atoms with Gasteiger partial charge in [-0.3, -0.25) is 0 Å². The molecule has 0 aliphatic rings. The van der Waals surface area contributed by atoms with Crippen molar-refractivity contribution in [3.63, 3.8) is 0 Å². The Kier molecular flexibility index (Phi) is 5.86. The molecule has 0 bridgehead atoms. The Balaban J connectivity index is 2.31. The van der Waals surface area contributed by atoms with Crippen molar-refractivity contribution >= 4 is 34.3 Å². The van der Waals surface area contributed by atoms with Crippen LogP contribution >= 0.6 is 23.5 Å². The van der Waals surface area contributed by atoms with E-state index in [0.29, 0.717) is 10.5 Å². The van der Waals surface area contributed by atoms with E-state index in [1.165, 1.54) is 21.9 Å². The topological polar surface area (TPSA) is 0 Å². The molecule has 0 nitrogen and oxygen atoms in total. The molecule has 0 saturated carbocycles. The second-order valence-electron chi connectivity index (χ2n) is 5.65. The predicted octanol–water partition coefficient (Wildman–Crippen LogP) is 6.12. The van der Waals surface area contributed by atoms with E-state index in [1.807, 2.05) is 23.5 Å². The highest BCUT2D eigenvalue weighted by molar-refractivity contribution is 7.99. The zero-order valence-electron chi connectivity index (χ0n) is 12.8. The van der Waals surface area contributed by atoms with E-state index in [0.717, 1.165) is 11.5 Å². The lowest BCUT2D eigenvalue weighted by Gasteiger charge is -2.13. The first-order valence-corrected chi connectivity index (χ1v) is 9.40. The number of fused-ring (bicyclic) bond motifs is 1. The van der Waals surface area contributed by atoms with Gasteiger partial charge in [0.05, 0.1) is 0 Å². The third kappa shape index (κ3) is 4.20. The van der Waals surface area contributed by atoms with E-state index in [-0.39, 0.29) is 0 Å². The number of rotatable bonds is 6. The zero-order valence-corrected chi connectivity index (χ0v) is 14.5. The molecule has 2 aromatic carbocycles. The van der Waals surface area contributed by atoms with Crippen LogP contribution in [0, 0.1) is 0 Å². The summed E-state index contributed by atoms with van der Waals surface area (Å²) in [5.41, 5.74) is 2.94. The Morgan fingerprint density at radius 2 is 1.10 bits per heavy atom. The van der Waals surface area contributed by atoms with Gasteiger partial charge in [0.2, 0.25) is 0 Å². The highest BCUT2D eigenvalue weighted by Crippen LogP contribution is 2.30. The molecular formula is C18H24S2. The van der Waals surface area contributed by atoms with E-state index in [2.05, 4.69) is 64.1 Å². The third-order valence-electron chi connectivity index (χ3n) is 3.25. The van der Waals surface area contributed by atoms with Crippen LogP contribution in [-0.2, 0) is 11.5 Å². The molecule has 0 aliphatic carbocycles. The smallest absolute Gasteiger partial charge is 0.0193 e. The normalized spacial score (nSPS) is 11.7. The summed E-state index contributed by atoms with van der Waals surface area (Å²) in [5.74, 6) is 2.21. The minimum absolute atomic E-state index is 0.685. The summed E-state index contributed by atoms with van der Waals surface area (Å²) in [6, 6.07) is 13.5. The highest BCUT2D eigenvalue weighted by Gasteiger charge is 2.07. The van der Waals surface area contributed by atoms with Crippen molar-refractivity contribution in [1.82, 2.24) is 0 Å². The standard InChI is InChI=1S/C18H24S2/c1-13(2)19-11-15-9-10-16(12-20-14(3)4)18-8-6-5-7-17(15)18/h5-10,13-14H,11-12H2,1-4H3. The van der Waals surface area contributed by atoms with Crippen LogP contribution in [-0.4, -0.2) is 10.5 Å². The van der Waals surface area contributed by atoms with Crippen molar-refractivity contribution in [2.24, 2.45) is 0 Å². The lowest BCUT2D eigenvalue weighted by atomic mass is 10.0. The van der Waals surface area contributed by atoms with Crippen LogP contribution in [0.2, 0.25) is 0 Å². The second kappa shape index (κ2) is 7.42. The highest BCUT2D eigenvalue weighted by atomic mass is 32.2. The molecular weight excluding hydrogens is 280 g/mol. The van der Waals surface area contributed by atoms with Crippen LogP contribution in [0.1, 0.15) is 38.8 Å². The van der Waals surface area contributed by atoms with Gasteiger partial charge in [0.1, 0.15) is 0 Å². The Labute approximate surface area is 131 Å². The molecule has 2 rings (SSSR count). The van der Waals surface area contributed by atoms with Gasteiger partial charge in [-0.15, -0.1) is 0 Å². The van der Waals surface area contributed by atoms with Crippen molar-refractivity contribution < 1.29 is 0 Å². The molecule has 0 aromatic heterocycles. The quantitative estimate of drug-likeness (QED) is 0.630. The van der Waals surface area contributed by atoms with E-state index < -0.39 is 0 Å². The molecule has 0 fully saturated rings.